The second-order valence-electron chi connectivity index (χ2n) is 6.81. The number of hydrogen-bond donors (Lipinski definition) is 2. The molecule has 0 unspecified atom stereocenters. The molecule has 1 heterocycles. The summed E-state index contributed by atoms with van der Waals surface area (Å²) in [4.78, 5) is 18.3. The predicted octanol–water partition coefficient (Wildman–Crippen LogP) is 3.01. The van der Waals surface area contributed by atoms with Crippen LogP contribution >= 0.6 is 24.0 Å². The van der Waals surface area contributed by atoms with Crippen LogP contribution in [0.4, 0.5) is 4.79 Å². The van der Waals surface area contributed by atoms with E-state index in [1.807, 2.05) is 26.0 Å². The molecule has 0 radical (unpaired) electrons. The fourth-order valence-electron chi connectivity index (χ4n) is 3.33. The largest absolute Gasteiger partial charge is 0.496 e. The number of likely N-dealkylation sites (tertiary alicyclic amines) is 1. The number of guanidine groups is 1. The molecule has 9 nitrogen and oxygen atoms in total. The zero-order chi connectivity index (χ0) is 21.9. The van der Waals surface area contributed by atoms with Gasteiger partial charge in [0.15, 0.2) is 5.96 Å². The Bertz CT molecular complexity index is 699. The summed E-state index contributed by atoms with van der Waals surface area (Å²) in [6.45, 7) is 6.68. The first-order valence-corrected chi connectivity index (χ1v) is 10.3. The van der Waals surface area contributed by atoms with Gasteiger partial charge in [-0.25, -0.2) is 9.79 Å². The number of benzene rings is 1. The highest BCUT2D eigenvalue weighted by molar-refractivity contribution is 14.0. The van der Waals surface area contributed by atoms with Crippen molar-refractivity contribution in [2.45, 2.75) is 39.3 Å². The Kier molecular flexibility index (Phi) is 12.2. The lowest BCUT2D eigenvalue weighted by Gasteiger charge is -2.32. The molecule has 1 saturated heterocycles. The molecule has 0 aliphatic carbocycles. The van der Waals surface area contributed by atoms with E-state index in [1.165, 1.54) is 0 Å². The third kappa shape index (κ3) is 7.82. The molecule has 2 rings (SSSR count). The van der Waals surface area contributed by atoms with Crippen LogP contribution in [0.2, 0.25) is 0 Å². The number of carbonyl (C=O) groups is 1. The monoisotopic (exact) mass is 550 g/mol. The number of carbonyl (C=O) groups excluding carboxylic acids is 1. The number of nitrogens with one attached hydrogen (secondary N) is 2. The quantitative estimate of drug-likeness (QED) is 0.292. The number of piperidine rings is 1. The Hall–Kier alpha value is -2.11. The Morgan fingerprint density at radius 1 is 1.10 bits per heavy atom. The molecule has 0 bridgehead atoms. The van der Waals surface area contributed by atoms with Crippen LogP contribution < -0.4 is 24.8 Å². The number of nitrogens with zero attached hydrogens (tertiary/aromatic N) is 2. The van der Waals surface area contributed by atoms with Crippen LogP contribution in [0, 0.1) is 0 Å². The van der Waals surface area contributed by atoms with Crippen molar-refractivity contribution in [2.24, 2.45) is 4.99 Å². The molecule has 1 aliphatic heterocycles. The van der Waals surface area contributed by atoms with Crippen LogP contribution in [0.25, 0.3) is 0 Å². The van der Waals surface area contributed by atoms with Gasteiger partial charge < -0.3 is 34.5 Å². The van der Waals surface area contributed by atoms with Crippen molar-refractivity contribution in [3.05, 3.63) is 17.7 Å². The second-order valence-corrected chi connectivity index (χ2v) is 6.81. The topological polar surface area (TPSA) is 93.7 Å². The summed E-state index contributed by atoms with van der Waals surface area (Å²) in [6.07, 6.45) is 1.42. The number of ether oxygens (including phenoxy) is 4. The minimum Gasteiger partial charge on any atom is -0.496 e. The highest BCUT2D eigenvalue weighted by atomic mass is 127. The van der Waals surface area contributed by atoms with Gasteiger partial charge in [-0.15, -0.1) is 24.0 Å². The van der Waals surface area contributed by atoms with Crippen molar-refractivity contribution in [2.75, 3.05) is 47.6 Å². The minimum absolute atomic E-state index is 0. The number of aliphatic imine (C=N–C) groups is 1. The van der Waals surface area contributed by atoms with Crippen molar-refractivity contribution in [1.29, 1.82) is 0 Å². The zero-order valence-electron chi connectivity index (χ0n) is 19.0. The maximum Gasteiger partial charge on any atom is 0.409 e. The molecule has 0 spiro atoms. The normalized spacial score (nSPS) is 14.4. The van der Waals surface area contributed by atoms with Crippen LogP contribution in [-0.2, 0) is 11.3 Å². The molecule has 31 heavy (non-hydrogen) atoms. The van der Waals surface area contributed by atoms with Gasteiger partial charge in [-0.05, 0) is 26.7 Å². The Labute approximate surface area is 201 Å². The number of rotatable bonds is 8. The van der Waals surface area contributed by atoms with Crippen LogP contribution in [0.3, 0.4) is 0 Å². The summed E-state index contributed by atoms with van der Waals surface area (Å²) >= 11 is 0. The summed E-state index contributed by atoms with van der Waals surface area (Å²) in [5.74, 6) is 2.70. The summed E-state index contributed by atoms with van der Waals surface area (Å²) in [5.41, 5.74) is 0.843. The summed E-state index contributed by atoms with van der Waals surface area (Å²) in [7, 11) is 4.83. The van der Waals surface area contributed by atoms with E-state index in [0.29, 0.717) is 49.4 Å². The minimum atomic E-state index is -0.241. The molecule has 1 aliphatic rings. The fourth-order valence-corrected chi connectivity index (χ4v) is 3.33. The van der Waals surface area contributed by atoms with Gasteiger partial charge in [0.25, 0.3) is 0 Å². The van der Waals surface area contributed by atoms with Gasteiger partial charge in [-0.2, -0.15) is 0 Å². The lowest BCUT2D eigenvalue weighted by molar-refractivity contribution is 0.0963. The molecule has 0 aromatic heterocycles. The van der Waals surface area contributed by atoms with Gasteiger partial charge in [0, 0.05) is 37.8 Å². The van der Waals surface area contributed by atoms with Crippen molar-refractivity contribution in [3.63, 3.8) is 0 Å². The average molecular weight is 550 g/mol. The predicted molar refractivity (Wildman–Crippen MR) is 131 cm³/mol. The first-order chi connectivity index (χ1) is 14.6. The first-order valence-electron chi connectivity index (χ1n) is 10.3. The molecule has 1 amide bonds. The zero-order valence-corrected chi connectivity index (χ0v) is 21.4. The SMILES string of the molecule is CCNC(=NCc1c(OC)cc(OC)cc1OC)NC1CCN(C(=O)OCC)CC1.I. The maximum absolute atomic E-state index is 11.9. The number of hydrogen-bond acceptors (Lipinski definition) is 6. The standard InChI is InChI=1S/C21H34N4O5.HI/c1-6-22-20(24-15-8-10-25(11-9-15)21(26)30-7-2)23-14-17-18(28-4)12-16(27-3)13-19(17)29-5;/h12-13,15H,6-11,14H2,1-5H3,(H2,22,23,24);1H. The van der Waals surface area contributed by atoms with Gasteiger partial charge in [0.1, 0.15) is 17.2 Å². The first kappa shape index (κ1) is 26.9. The number of amides is 1. The molecule has 10 heteroatoms. The van der Waals surface area contributed by atoms with Crippen molar-refractivity contribution in [1.82, 2.24) is 15.5 Å². The van der Waals surface area contributed by atoms with E-state index in [4.69, 9.17) is 23.9 Å². The van der Waals surface area contributed by atoms with Crippen LogP contribution in [0.15, 0.2) is 17.1 Å². The molecule has 176 valence electrons. The lowest BCUT2D eigenvalue weighted by Crippen LogP contribution is -2.49. The van der Waals surface area contributed by atoms with E-state index in [2.05, 4.69) is 10.6 Å². The highest BCUT2D eigenvalue weighted by Crippen LogP contribution is 2.34. The summed E-state index contributed by atoms with van der Waals surface area (Å²) < 4.78 is 21.4. The fraction of sp³-hybridized carbons (Fsp3) is 0.619. The Morgan fingerprint density at radius 3 is 2.19 bits per heavy atom. The smallest absolute Gasteiger partial charge is 0.409 e. The summed E-state index contributed by atoms with van der Waals surface area (Å²) in [5, 5.41) is 6.75. The Balaban J connectivity index is 0.00000480. The molecular weight excluding hydrogens is 515 g/mol. The maximum atomic E-state index is 11.9. The van der Waals surface area contributed by atoms with E-state index in [-0.39, 0.29) is 36.1 Å². The second kappa shape index (κ2) is 14.0. The van der Waals surface area contributed by atoms with Gasteiger partial charge >= 0.3 is 6.09 Å². The van der Waals surface area contributed by atoms with E-state index in [0.717, 1.165) is 24.9 Å². The molecule has 0 saturated carbocycles. The molecule has 1 aromatic carbocycles. The molecule has 0 atom stereocenters. The molecular formula is C21H35IN4O5. The average Bonchev–Trinajstić information content (AvgIpc) is 2.77. The van der Waals surface area contributed by atoms with Crippen molar-refractivity contribution < 1.29 is 23.7 Å². The van der Waals surface area contributed by atoms with Crippen molar-refractivity contribution in [3.8, 4) is 17.2 Å². The number of halogens is 1. The highest BCUT2D eigenvalue weighted by Gasteiger charge is 2.24. The van der Waals surface area contributed by atoms with Crippen LogP contribution in [0.1, 0.15) is 32.3 Å². The van der Waals surface area contributed by atoms with Crippen LogP contribution in [-0.4, -0.2) is 70.6 Å². The van der Waals surface area contributed by atoms with E-state index >= 15 is 0 Å². The third-order valence-corrected chi connectivity index (χ3v) is 4.92. The third-order valence-electron chi connectivity index (χ3n) is 4.92. The van der Waals surface area contributed by atoms with Crippen molar-refractivity contribution >= 4 is 36.0 Å². The Morgan fingerprint density at radius 2 is 1.71 bits per heavy atom. The van der Waals surface area contributed by atoms with Gasteiger partial charge in [0.05, 0.1) is 40.0 Å². The van der Waals surface area contributed by atoms with E-state index < -0.39 is 0 Å². The van der Waals surface area contributed by atoms with Gasteiger partial charge in [0.2, 0.25) is 0 Å². The van der Waals surface area contributed by atoms with E-state index in [1.54, 1.807) is 26.2 Å². The van der Waals surface area contributed by atoms with Crippen LogP contribution in [0.5, 0.6) is 17.2 Å². The lowest BCUT2D eigenvalue weighted by atomic mass is 10.1. The van der Waals surface area contributed by atoms with E-state index in [9.17, 15) is 4.79 Å². The summed E-state index contributed by atoms with van der Waals surface area (Å²) in [6, 6.07) is 3.87. The van der Waals surface area contributed by atoms with Gasteiger partial charge in [-0.3, -0.25) is 0 Å². The van der Waals surface area contributed by atoms with Gasteiger partial charge in [-0.1, -0.05) is 0 Å². The molecule has 1 aromatic rings. The molecule has 2 N–H and O–H groups in total. The number of methoxy groups -OCH3 is 3. The molecule has 1 fully saturated rings.